The summed E-state index contributed by atoms with van der Waals surface area (Å²) in [5.41, 5.74) is 0.361. The minimum Gasteiger partial charge on any atom is -0.489 e. The largest absolute Gasteiger partial charge is 0.489 e. The Balaban J connectivity index is 2.81. The van der Waals surface area contributed by atoms with Crippen molar-refractivity contribution in [1.82, 2.24) is 5.32 Å². The molecule has 0 spiro atoms. The number of hydrogen-bond donors (Lipinski definition) is 1. The Hall–Kier alpha value is -2.30. The molecule has 0 unspecified atom stereocenters. The smallest absolute Gasteiger partial charge is 0.328 e. The van der Waals surface area contributed by atoms with Crippen LogP contribution in [0.5, 0.6) is 5.75 Å². The molecule has 1 aromatic rings. The highest BCUT2D eigenvalue weighted by Gasteiger charge is 2.19. The molecule has 102 valence electrons. The van der Waals surface area contributed by atoms with Gasteiger partial charge in [0.2, 0.25) is 0 Å². The van der Waals surface area contributed by atoms with Crippen molar-refractivity contribution in [2.75, 3.05) is 13.7 Å². The lowest BCUT2D eigenvalue weighted by atomic mass is 10.1. The zero-order chi connectivity index (χ0) is 14.3. The van der Waals surface area contributed by atoms with E-state index in [1.807, 2.05) is 0 Å². The summed E-state index contributed by atoms with van der Waals surface area (Å²) in [4.78, 5) is 23.3. The van der Waals surface area contributed by atoms with Gasteiger partial charge in [0.05, 0.1) is 12.7 Å². The van der Waals surface area contributed by atoms with Crippen LogP contribution in [-0.4, -0.2) is 31.6 Å². The van der Waals surface area contributed by atoms with E-state index < -0.39 is 17.9 Å². The average molecular weight is 263 g/mol. The third-order valence-electron chi connectivity index (χ3n) is 2.39. The Morgan fingerprint density at radius 3 is 2.74 bits per heavy atom. The number of amides is 1. The van der Waals surface area contributed by atoms with Gasteiger partial charge in [-0.15, -0.1) is 0 Å². The molecule has 0 radical (unpaired) electrons. The van der Waals surface area contributed by atoms with E-state index in [1.54, 1.807) is 37.3 Å². The Morgan fingerprint density at radius 1 is 1.42 bits per heavy atom. The maximum Gasteiger partial charge on any atom is 0.328 e. The molecule has 0 fully saturated rings. The van der Waals surface area contributed by atoms with Crippen molar-refractivity contribution >= 4 is 11.9 Å². The molecule has 1 amide bonds. The minimum atomic E-state index is -0.718. The molecule has 19 heavy (non-hydrogen) atoms. The van der Waals surface area contributed by atoms with Crippen molar-refractivity contribution in [3.63, 3.8) is 0 Å². The number of rotatable bonds is 6. The lowest BCUT2D eigenvalue weighted by molar-refractivity contribution is -0.142. The van der Waals surface area contributed by atoms with Gasteiger partial charge in [-0.25, -0.2) is 4.79 Å². The van der Waals surface area contributed by atoms with Crippen LogP contribution in [0.1, 0.15) is 17.3 Å². The predicted molar refractivity (Wildman–Crippen MR) is 71.1 cm³/mol. The highest BCUT2D eigenvalue weighted by molar-refractivity contribution is 5.98. The normalized spacial score (nSPS) is 11.3. The molecular formula is C14H17NO4. The van der Waals surface area contributed by atoms with Crippen LogP contribution in [0.3, 0.4) is 0 Å². The van der Waals surface area contributed by atoms with E-state index in [-0.39, 0.29) is 0 Å². The van der Waals surface area contributed by atoms with Crippen LogP contribution >= 0.6 is 0 Å². The van der Waals surface area contributed by atoms with Gasteiger partial charge in [0, 0.05) is 0 Å². The maximum absolute atomic E-state index is 12.0. The molecule has 1 aromatic carbocycles. The zero-order valence-corrected chi connectivity index (χ0v) is 11.0. The van der Waals surface area contributed by atoms with Crippen LogP contribution in [-0.2, 0) is 9.53 Å². The molecule has 0 bridgehead atoms. The molecular weight excluding hydrogens is 246 g/mol. The van der Waals surface area contributed by atoms with Gasteiger partial charge in [0.1, 0.15) is 18.4 Å². The average Bonchev–Trinajstić information content (AvgIpc) is 2.44. The van der Waals surface area contributed by atoms with Crippen LogP contribution in [0.2, 0.25) is 0 Å². The van der Waals surface area contributed by atoms with Gasteiger partial charge < -0.3 is 14.8 Å². The number of esters is 1. The minimum absolute atomic E-state index is 0.302. The van der Waals surface area contributed by atoms with E-state index in [1.165, 1.54) is 7.11 Å². The van der Waals surface area contributed by atoms with E-state index >= 15 is 0 Å². The summed E-state index contributed by atoms with van der Waals surface area (Å²) in [7, 11) is 1.27. The Bertz CT molecular complexity index is 470. The fraction of sp³-hybridized carbons (Fsp3) is 0.286. The van der Waals surface area contributed by atoms with Gasteiger partial charge in [0.25, 0.3) is 5.91 Å². The first-order chi connectivity index (χ1) is 9.10. The second kappa shape index (κ2) is 7.20. The van der Waals surface area contributed by atoms with Crippen molar-refractivity contribution in [1.29, 1.82) is 0 Å². The van der Waals surface area contributed by atoms with Crippen molar-refractivity contribution < 1.29 is 19.1 Å². The fourth-order valence-electron chi connectivity index (χ4n) is 1.44. The molecule has 5 nitrogen and oxygen atoms in total. The highest BCUT2D eigenvalue weighted by Crippen LogP contribution is 2.17. The van der Waals surface area contributed by atoms with Crippen molar-refractivity contribution in [2.24, 2.45) is 0 Å². The monoisotopic (exact) mass is 263 g/mol. The molecule has 1 atom stereocenters. The second-order valence-corrected chi connectivity index (χ2v) is 3.81. The van der Waals surface area contributed by atoms with E-state index in [9.17, 15) is 9.59 Å². The van der Waals surface area contributed by atoms with E-state index in [4.69, 9.17) is 4.74 Å². The van der Waals surface area contributed by atoms with Crippen LogP contribution in [0.25, 0.3) is 0 Å². The van der Waals surface area contributed by atoms with Crippen molar-refractivity contribution in [3.05, 3.63) is 42.5 Å². The topological polar surface area (TPSA) is 64.6 Å². The van der Waals surface area contributed by atoms with E-state index in [0.29, 0.717) is 17.9 Å². The highest BCUT2D eigenvalue weighted by atomic mass is 16.5. The van der Waals surface area contributed by atoms with Crippen LogP contribution < -0.4 is 10.1 Å². The Morgan fingerprint density at radius 2 is 2.11 bits per heavy atom. The Kier molecular flexibility index (Phi) is 5.60. The fourth-order valence-corrected chi connectivity index (χ4v) is 1.44. The quantitative estimate of drug-likeness (QED) is 0.624. The molecule has 0 saturated heterocycles. The summed E-state index contributed by atoms with van der Waals surface area (Å²) in [5, 5.41) is 2.54. The maximum atomic E-state index is 12.0. The Labute approximate surface area is 112 Å². The number of carbonyl (C=O) groups is 2. The summed E-state index contributed by atoms with van der Waals surface area (Å²) in [6, 6.07) is 6.07. The first-order valence-electron chi connectivity index (χ1n) is 5.81. The molecule has 0 aromatic heterocycles. The first kappa shape index (κ1) is 14.8. The number of hydrogen-bond acceptors (Lipinski definition) is 4. The van der Waals surface area contributed by atoms with Crippen molar-refractivity contribution in [2.45, 2.75) is 13.0 Å². The third kappa shape index (κ3) is 4.13. The molecule has 0 heterocycles. The SMILES string of the molecule is C=CCOc1ccccc1C(=O)N[C@@H](C)C(=O)OC. The van der Waals surface area contributed by atoms with E-state index in [2.05, 4.69) is 16.6 Å². The second-order valence-electron chi connectivity index (χ2n) is 3.81. The van der Waals surface area contributed by atoms with Gasteiger partial charge in [-0.05, 0) is 19.1 Å². The summed E-state index contributed by atoms with van der Waals surface area (Å²) in [6.07, 6.45) is 1.59. The van der Waals surface area contributed by atoms with Gasteiger partial charge in [-0.1, -0.05) is 24.8 Å². The lowest BCUT2D eigenvalue weighted by Gasteiger charge is -2.13. The van der Waals surface area contributed by atoms with Gasteiger partial charge in [-0.2, -0.15) is 0 Å². The summed E-state index contributed by atoms with van der Waals surface area (Å²) < 4.78 is 9.93. The third-order valence-corrected chi connectivity index (χ3v) is 2.39. The van der Waals surface area contributed by atoms with Gasteiger partial charge in [-0.3, -0.25) is 4.79 Å². The number of para-hydroxylation sites is 1. The van der Waals surface area contributed by atoms with Gasteiger partial charge in [0.15, 0.2) is 0 Å². The number of methoxy groups -OCH3 is 1. The molecule has 1 rings (SSSR count). The molecule has 5 heteroatoms. The van der Waals surface area contributed by atoms with Crippen LogP contribution in [0.4, 0.5) is 0 Å². The lowest BCUT2D eigenvalue weighted by Crippen LogP contribution is -2.39. The number of nitrogens with one attached hydrogen (secondary N) is 1. The summed E-state index contributed by atoms with van der Waals surface area (Å²) in [6.45, 7) is 5.40. The summed E-state index contributed by atoms with van der Waals surface area (Å²) in [5.74, 6) is -0.452. The van der Waals surface area contributed by atoms with Crippen LogP contribution in [0.15, 0.2) is 36.9 Å². The number of ether oxygens (including phenoxy) is 2. The standard InChI is InChI=1S/C14H17NO4/c1-4-9-19-12-8-6-5-7-11(12)13(16)15-10(2)14(17)18-3/h4-8,10H,1,9H2,2-3H3,(H,15,16)/t10-/m0/s1. The van der Waals surface area contributed by atoms with Crippen LogP contribution in [0, 0.1) is 0 Å². The molecule has 1 N–H and O–H groups in total. The zero-order valence-electron chi connectivity index (χ0n) is 11.0. The summed E-state index contributed by atoms with van der Waals surface area (Å²) >= 11 is 0. The molecule has 0 aliphatic rings. The first-order valence-corrected chi connectivity index (χ1v) is 5.81. The molecule has 0 aliphatic carbocycles. The van der Waals surface area contributed by atoms with E-state index in [0.717, 1.165) is 0 Å². The number of carbonyl (C=O) groups excluding carboxylic acids is 2. The van der Waals surface area contributed by atoms with Gasteiger partial charge >= 0.3 is 5.97 Å². The molecule has 0 saturated carbocycles. The molecule has 0 aliphatic heterocycles. The predicted octanol–water partition coefficient (Wildman–Crippen LogP) is 1.54. The number of benzene rings is 1. The van der Waals surface area contributed by atoms with Crippen molar-refractivity contribution in [3.8, 4) is 5.75 Å².